The van der Waals surface area contributed by atoms with Crippen LogP contribution in [-0.4, -0.2) is 42.1 Å². The van der Waals surface area contributed by atoms with E-state index >= 15 is 0 Å². The van der Waals surface area contributed by atoms with Crippen molar-refractivity contribution in [2.24, 2.45) is 5.92 Å². The topological polar surface area (TPSA) is 66.8 Å². The number of carbonyl (C=O) groups excluding carboxylic acids is 1. The zero-order valence-electron chi connectivity index (χ0n) is 12.4. The van der Waals surface area contributed by atoms with Crippen LogP contribution in [0.5, 0.6) is 5.75 Å². The fraction of sp³-hybridized carbons (Fsp3) is 0.467. The summed E-state index contributed by atoms with van der Waals surface area (Å²) in [4.78, 5) is 24.6. The van der Waals surface area contributed by atoms with E-state index in [4.69, 9.17) is 9.84 Å². The van der Waals surface area contributed by atoms with Gasteiger partial charge in [-0.2, -0.15) is 0 Å². The van der Waals surface area contributed by atoms with E-state index in [1.807, 2.05) is 13.8 Å². The predicted molar refractivity (Wildman–Crippen MR) is 75.9 cm³/mol. The average Bonchev–Trinajstić information content (AvgIpc) is 2.42. The molecule has 0 aliphatic carbocycles. The Kier molecular flexibility index (Phi) is 6.14. The first kappa shape index (κ1) is 16.9. The van der Waals surface area contributed by atoms with Crippen LogP contribution in [0.1, 0.15) is 30.6 Å². The van der Waals surface area contributed by atoms with Gasteiger partial charge in [-0.25, -0.2) is 4.39 Å². The normalized spacial score (nSPS) is 10.5. The molecule has 0 bridgehead atoms. The van der Waals surface area contributed by atoms with Crippen molar-refractivity contribution >= 4 is 11.9 Å². The third-order valence-electron chi connectivity index (χ3n) is 2.86. The largest absolute Gasteiger partial charge is 0.496 e. The van der Waals surface area contributed by atoms with Gasteiger partial charge in [0.15, 0.2) is 0 Å². The van der Waals surface area contributed by atoms with Crippen LogP contribution >= 0.6 is 0 Å². The van der Waals surface area contributed by atoms with E-state index in [0.29, 0.717) is 6.54 Å². The van der Waals surface area contributed by atoms with Gasteiger partial charge in [0, 0.05) is 13.1 Å². The van der Waals surface area contributed by atoms with Crippen LogP contribution in [0.2, 0.25) is 0 Å². The molecule has 0 saturated carbocycles. The number of halogens is 1. The molecule has 0 spiro atoms. The highest BCUT2D eigenvalue weighted by molar-refractivity contribution is 5.97. The van der Waals surface area contributed by atoms with Crippen LogP contribution in [0, 0.1) is 11.7 Å². The lowest BCUT2D eigenvalue weighted by Gasteiger charge is -2.24. The molecule has 21 heavy (non-hydrogen) atoms. The lowest BCUT2D eigenvalue weighted by atomic mass is 10.1. The Morgan fingerprint density at radius 2 is 2.05 bits per heavy atom. The number of methoxy groups -OCH3 is 1. The molecule has 0 aromatic heterocycles. The lowest BCUT2D eigenvalue weighted by molar-refractivity contribution is -0.137. The van der Waals surface area contributed by atoms with E-state index in [0.717, 1.165) is 6.07 Å². The molecule has 1 amide bonds. The summed E-state index contributed by atoms with van der Waals surface area (Å²) in [5.74, 6) is -1.52. The van der Waals surface area contributed by atoms with Gasteiger partial charge >= 0.3 is 5.97 Å². The Balaban J connectivity index is 3.03. The molecule has 0 atom stereocenters. The summed E-state index contributed by atoms with van der Waals surface area (Å²) in [5, 5.41) is 8.77. The number of hydrogen-bond acceptors (Lipinski definition) is 3. The van der Waals surface area contributed by atoms with Gasteiger partial charge < -0.3 is 14.7 Å². The van der Waals surface area contributed by atoms with Gasteiger partial charge in [0.2, 0.25) is 0 Å². The Morgan fingerprint density at radius 3 is 2.57 bits per heavy atom. The smallest absolute Gasteiger partial charge is 0.305 e. The van der Waals surface area contributed by atoms with Crippen molar-refractivity contribution in [3.63, 3.8) is 0 Å². The van der Waals surface area contributed by atoms with Crippen LogP contribution in [0.15, 0.2) is 18.2 Å². The molecular weight excluding hydrogens is 277 g/mol. The van der Waals surface area contributed by atoms with E-state index in [1.54, 1.807) is 0 Å². The van der Waals surface area contributed by atoms with Crippen molar-refractivity contribution in [1.82, 2.24) is 4.90 Å². The average molecular weight is 297 g/mol. The fourth-order valence-electron chi connectivity index (χ4n) is 1.96. The maximum atomic E-state index is 13.4. The highest BCUT2D eigenvalue weighted by Gasteiger charge is 2.21. The van der Waals surface area contributed by atoms with Gasteiger partial charge in [0.05, 0.1) is 19.1 Å². The summed E-state index contributed by atoms with van der Waals surface area (Å²) in [7, 11) is 1.40. The molecule has 0 aliphatic heterocycles. The van der Waals surface area contributed by atoms with Crippen molar-refractivity contribution in [3.05, 3.63) is 29.6 Å². The second-order valence-electron chi connectivity index (χ2n) is 5.13. The molecular formula is C15H20FNO4. The molecule has 6 heteroatoms. The number of carboxylic acids is 1. The summed E-state index contributed by atoms with van der Waals surface area (Å²) in [5.41, 5.74) is 0.100. The predicted octanol–water partition coefficient (Wildman–Crippen LogP) is 2.41. The monoisotopic (exact) mass is 297 g/mol. The highest BCUT2D eigenvalue weighted by Crippen LogP contribution is 2.21. The van der Waals surface area contributed by atoms with Gasteiger partial charge in [-0.1, -0.05) is 13.8 Å². The SMILES string of the molecule is COc1ccc(F)cc1C(=O)N(CCC(=O)O)CC(C)C. The van der Waals surface area contributed by atoms with Crippen molar-refractivity contribution < 1.29 is 23.8 Å². The van der Waals surface area contributed by atoms with Crippen LogP contribution in [0.25, 0.3) is 0 Å². The summed E-state index contributed by atoms with van der Waals surface area (Å²) in [6.45, 7) is 4.31. The van der Waals surface area contributed by atoms with Crippen LogP contribution < -0.4 is 4.74 Å². The molecule has 1 rings (SSSR count). The van der Waals surface area contributed by atoms with E-state index < -0.39 is 17.7 Å². The van der Waals surface area contributed by atoms with E-state index in [2.05, 4.69) is 0 Å². The third-order valence-corrected chi connectivity index (χ3v) is 2.86. The Morgan fingerprint density at radius 1 is 1.38 bits per heavy atom. The van der Waals surface area contributed by atoms with Crippen LogP contribution in [-0.2, 0) is 4.79 Å². The Labute approximate surface area is 123 Å². The Hall–Kier alpha value is -2.11. The van der Waals surface area contributed by atoms with Crippen molar-refractivity contribution in [2.75, 3.05) is 20.2 Å². The van der Waals surface area contributed by atoms with Crippen molar-refractivity contribution in [2.45, 2.75) is 20.3 Å². The quantitative estimate of drug-likeness (QED) is 0.839. The van der Waals surface area contributed by atoms with Gasteiger partial charge in [-0.05, 0) is 24.1 Å². The number of benzene rings is 1. The number of carboxylic acid groups (broad SMARTS) is 1. The van der Waals surface area contributed by atoms with Crippen LogP contribution in [0.4, 0.5) is 4.39 Å². The molecule has 1 aromatic carbocycles. The number of ether oxygens (including phenoxy) is 1. The number of carbonyl (C=O) groups is 2. The minimum absolute atomic E-state index is 0.0754. The maximum absolute atomic E-state index is 13.4. The molecule has 0 saturated heterocycles. The number of amides is 1. The first-order valence-corrected chi connectivity index (χ1v) is 6.69. The standard InChI is InChI=1S/C15H20FNO4/c1-10(2)9-17(7-6-14(18)19)15(20)12-8-11(16)4-5-13(12)21-3/h4-5,8,10H,6-7,9H2,1-3H3,(H,18,19). The molecule has 0 heterocycles. The molecule has 0 radical (unpaired) electrons. The number of hydrogen-bond donors (Lipinski definition) is 1. The number of nitrogens with zero attached hydrogens (tertiary/aromatic N) is 1. The maximum Gasteiger partial charge on any atom is 0.305 e. The first-order chi connectivity index (χ1) is 9.85. The number of rotatable bonds is 7. The summed E-state index contributed by atoms with van der Waals surface area (Å²) >= 11 is 0. The molecule has 1 aromatic rings. The van der Waals surface area contributed by atoms with Gasteiger partial charge in [0.25, 0.3) is 5.91 Å². The molecule has 1 N–H and O–H groups in total. The number of aliphatic carboxylic acids is 1. The van der Waals surface area contributed by atoms with E-state index in [1.165, 1.54) is 24.1 Å². The molecule has 0 unspecified atom stereocenters. The third kappa shape index (κ3) is 5.06. The molecule has 116 valence electrons. The Bertz CT molecular complexity index is 516. The first-order valence-electron chi connectivity index (χ1n) is 6.69. The zero-order chi connectivity index (χ0) is 16.0. The minimum Gasteiger partial charge on any atom is -0.496 e. The highest BCUT2D eigenvalue weighted by atomic mass is 19.1. The van der Waals surface area contributed by atoms with Gasteiger partial charge in [-0.3, -0.25) is 9.59 Å². The second-order valence-corrected chi connectivity index (χ2v) is 5.13. The lowest BCUT2D eigenvalue weighted by Crippen LogP contribution is -2.36. The van der Waals surface area contributed by atoms with Crippen molar-refractivity contribution in [3.8, 4) is 5.75 Å². The molecule has 0 aliphatic rings. The minimum atomic E-state index is -0.984. The summed E-state index contributed by atoms with van der Waals surface area (Å²) in [6, 6.07) is 3.70. The van der Waals surface area contributed by atoms with Crippen LogP contribution in [0.3, 0.4) is 0 Å². The second kappa shape index (κ2) is 7.61. The van der Waals surface area contributed by atoms with Gasteiger partial charge in [-0.15, -0.1) is 0 Å². The fourth-order valence-corrected chi connectivity index (χ4v) is 1.96. The zero-order valence-corrected chi connectivity index (χ0v) is 12.4. The molecule has 0 fully saturated rings. The van der Waals surface area contributed by atoms with Gasteiger partial charge in [0.1, 0.15) is 11.6 Å². The van der Waals surface area contributed by atoms with E-state index in [-0.39, 0.29) is 30.2 Å². The van der Waals surface area contributed by atoms with Crippen molar-refractivity contribution in [1.29, 1.82) is 0 Å². The summed E-state index contributed by atoms with van der Waals surface area (Å²) < 4.78 is 18.4. The molecule has 5 nitrogen and oxygen atoms in total. The summed E-state index contributed by atoms with van der Waals surface area (Å²) in [6.07, 6.45) is -0.157. The van der Waals surface area contributed by atoms with E-state index in [9.17, 15) is 14.0 Å².